The zero-order valence-corrected chi connectivity index (χ0v) is 25.9. The van der Waals surface area contributed by atoms with Crippen molar-refractivity contribution in [3.05, 3.63) is 77.9 Å². The molecule has 0 aromatic heterocycles. The van der Waals surface area contributed by atoms with E-state index in [0.717, 1.165) is 17.2 Å². The van der Waals surface area contributed by atoms with Crippen LogP contribution >= 0.6 is 0 Å². The number of amides is 3. The van der Waals surface area contributed by atoms with Gasteiger partial charge in [0.1, 0.15) is 17.7 Å². The largest absolute Gasteiger partial charge is 0.444 e. The van der Waals surface area contributed by atoms with Gasteiger partial charge in [0, 0.05) is 17.3 Å². The highest BCUT2D eigenvalue weighted by Crippen LogP contribution is 2.31. The Balaban J connectivity index is 2.10. The second kappa shape index (κ2) is 14.7. The molecule has 0 bridgehead atoms. The van der Waals surface area contributed by atoms with E-state index in [1.54, 1.807) is 51.1 Å². The minimum Gasteiger partial charge on any atom is -0.444 e. The molecule has 0 fully saturated rings. The van der Waals surface area contributed by atoms with Crippen molar-refractivity contribution in [1.82, 2.24) is 10.2 Å². The molecule has 8 heteroatoms. The number of anilines is 1. The first kappa shape index (κ1) is 33.2. The van der Waals surface area contributed by atoms with Gasteiger partial charge in [0.05, 0.1) is 6.61 Å². The van der Waals surface area contributed by atoms with Gasteiger partial charge in [0.25, 0.3) is 5.91 Å². The zero-order valence-electron chi connectivity index (χ0n) is 25.9. The summed E-state index contributed by atoms with van der Waals surface area (Å²) < 4.78 is 5.34. The Labute approximate surface area is 254 Å². The Morgan fingerprint density at radius 3 is 2.23 bits per heavy atom. The smallest absolute Gasteiger partial charge is 0.408 e. The lowest BCUT2D eigenvalue weighted by Crippen LogP contribution is -2.56. The van der Waals surface area contributed by atoms with E-state index >= 15 is 0 Å². The van der Waals surface area contributed by atoms with Gasteiger partial charge in [-0.15, -0.1) is 6.42 Å². The average molecular weight is 586 g/mol. The SMILES string of the molecule is C#Cc1ccccc1C(C(=O)Nc1ccc2ccccc2c1)N(C(=O)C(CO)NC(=O)OC(C)(C)C)C(C)CCC(C)C. The Kier molecular flexibility index (Phi) is 11.3. The lowest BCUT2D eigenvalue weighted by molar-refractivity contribution is -0.144. The molecule has 0 aliphatic heterocycles. The Bertz CT molecular complexity index is 1470. The van der Waals surface area contributed by atoms with E-state index in [1.807, 2.05) is 43.3 Å². The van der Waals surface area contributed by atoms with Crippen molar-refractivity contribution in [3.63, 3.8) is 0 Å². The molecule has 3 aromatic carbocycles. The van der Waals surface area contributed by atoms with Gasteiger partial charge in [-0.2, -0.15) is 0 Å². The highest BCUT2D eigenvalue weighted by atomic mass is 16.6. The molecular formula is C35H43N3O5. The van der Waals surface area contributed by atoms with Gasteiger partial charge in [-0.05, 0) is 81.0 Å². The summed E-state index contributed by atoms with van der Waals surface area (Å²) in [5.74, 6) is 1.88. The van der Waals surface area contributed by atoms with Gasteiger partial charge in [-0.3, -0.25) is 9.59 Å². The maximum atomic E-state index is 14.3. The molecule has 3 aromatic rings. The van der Waals surface area contributed by atoms with Gasteiger partial charge in [-0.25, -0.2) is 4.79 Å². The first-order chi connectivity index (χ1) is 20.3. The van der Waals surface area contributed by atoms with Crippen molar-refractivity contribution in [1.29, 1.82) is 0 Å². The van der Waals surface area contributed by atoms with Crippen LogP contribution in [0.1, 0.15) is 71.6 Å². The summed E-state index contributed by atoms with van der Waals surface area (Å²) >= 11 is 0. The molecule has 0 aliphatic carbocycles. The van der Waals surface area contributed by atoms with Crippen molar-refractivity contribution in [3.8, 4) is 12.3 Å². The van der Waals surface area contributed by atoms with E-state index in [0.29, 0.717) is 29.2 Å². The highest BCUT2D eigenvalue weighted by molar-refractivity contribution is 6.00. The molecule has 0 spiro atoms. The number of fused-ring (bicyclic) bond motifs is 1. The van der Waals surface area contributed by atoms with Crippen molar-refractivity contribution in [2.45, 2.75) is 78.1 Å². The molecule has 228 valence electrons. The molecule has 3 unspecified atom stereocenters. The van der Waals surface area contributed by atoms with Crippen LogP contribution in [0.15, 0.2) is 66.7 Å². The number of nitrogens with zero attached hydrogens (tertiary/aromatic N) is 1. The quantitative estimate of drug-likeness (QED) is 0.238. The number of carbonyl (C=O) groups is 3. The molecule has 0 heterocycles. The van der Waals surface area contributed by atoms with Crippen molar-refractivity contribution >= 4 is 34.4 Å². The van der Waals surface area contributed by atoms with E-state index in [-0.39, 0.29) is 0 Å². The van der Waals surface area contributed by atoms with Crippen molar-refractivity contribution < 1.29 is 24.2 Å². The number of alkyl carbamates (subject to hydrolysis) is 1. The van der Waals surface area contributed by atoms with Gasteiger partial charge in [-0.1, -0.05) is 68.3 Å². The number of hydrogen-bond donors (Lipinski definition) is 3. The topological polar surface area (TPSA) is 108 Å². The summed E-state index contributed by atoms with van der Waals surface area (Å²) in [6.45, 7) is 10.4. The molecule has 3 N–H and O–H groups in total. The second-order valence-electron chi connectivity index (χ2n) is 12.1. The summed E-state index contributed by atoms with van der Waals surface area (Å²) in [6.07, 6.45) is 6.37. The molecule has 0 saturated heterocycles. The van der Waals surface area contributed by atoms with Crippen LogP contribution in [0.5, 0.6) is 0 Å². The standard InChI is InChI=1S/C35H43N3O5/c1-8-25-13-11-12-16-29(25)31(32(40)36-28-20-19-26-14-9-10-15-27(26)21-28)38(24(4)18-17-23(2)3)33(41)30(22-39)37-34(42)43-35(5,6)7/h1,9-16,19-21,23-24,30-31,39H,17-18,22H2,2-7H3,(H,36,40)(H,37,42). The number of nitrogens with one attached hydrogen (secondary N) is 2. The third kappa shape index (κ3) is 9.07. The number of carbonyl (C=O) groups excluding carboxylic acids is 3. The highest BCUT2D eigenvalue weighted by Gasteiger charge is 2.39. The van der Waals surface area contributed by atoms with Gasteiger partial charge < -0.3 is 25.4 Å². The summed E-state index contributed by atoms with van der Waals surface area (Å²) in [5.41, 5.74) is 0.656. The number of hydrogen-bond acceptors (Lipinski definition) is 5. The number of ether oxygens (including phenoxy) is 1. The maximum absolute atomic E-state index is 14.3. The minimum atomic E-state index is -1.36. The fourth-order valence-electron chi connectivity index (χ4n) is 4.89. The number of terminal acetylenes is 1. The molecule has 8 nitrogen and oxygen atoms in total. The van der Waals surface area contributed by atoms with Crippen molar-refractivity contribution in [2.24, 2.45) is 5.92 Å². The molecule has 43 heavy (non-hydrogen) atoms. The minimum absolute atomic E-state index is 0.343. The molecule has 0 saturated carbocycles. The van der Waals surface area contributed by atoms with Crippen LogP contribution in [-0.2, 0) is 14.3 Å². The van der Waals surface area contributed by atoms with Crippen LogP contribution in [0.4, 0.5) is 10.5 Å². The molecule has 3 atom stereocenters. The number of aliphatic hydroxyl groups excluding tert-OH is 1. The number of rotatable bonds is 11. The summed E-state index contributed by atoms with van der Waals surface area (Å²) in [7, 11) is 0. The van der Waals surface area contributed by atoms with Crippen LogP contribution in [-0.4, -0.2) is 52.2 Å². The van der Waals surface area contributed by atoms with E-state index in [9.17, 15) is 19.5 Å². The number of benzene rings is 3. The molecule has 0 radical (unpaired) electrons. The second-order valence-corrected chi connectivity index (χ2v) is 12.1. The third-order valence-corrected chi connectivity index (χ3v) is 7.02. The normalized spacial score (nSPS) is 13.5. The maximum Gasteiger partial charge on any atom is 0.408 e. The van der Waals surface area contributed by atoms with Gasteiger partial charge in [0.15, 0.2) is 0 Å². The molecule has 0 aliphatic rings. The fraction of sp³-hybridized carbons (Fsp3) is 0.400. The molecule has 3 rings (SSSR count). The third-order valence-electron chi connectivity index (χ3n) is 7.02. The van der Waals surface area contributed by atoms with Crippen LogP contribution in [0.3, 0.4) is 0 Å². The summed E-state index contributed by atoms with van der Waals surface area (Å²) in [5, 5.41) is 17.7. The Morgan fingerprint density at radius 2 is 1.60 bits per heavy atom. The summed E-state index contributed by atoms with van der Waals surface area (Å²) in [4.78, 5) is 42.6. The lowest BCUT2D eigenvalue weighted by atomic mass is 9.94. The van der Waals surface area contributed by atoms with E-state index < -0.39 is 48.2 Å². The van der Waals surface area contributed by atoms with Gasteiger partial charge >= 0.3 is 6.09 Å². The molecular weight excluding hydrogens is 542 g/mol. The van der Waals surface area contributed by atoms with E-state index in [1.165, 1.54) is 4.90 Å². The molecule has 3 amide bonds. The van der Waals surface area contributed by atoms with E-state index in [4.69, 9.17) is 11.2 Å². The summed E-state index contributed by atoms with van der Waals surface area (Å²) in [6, 6.07) is 17.4. The predicted octanol–water partition coefficient (Wildman–Crippen LogP) is 6.04. The van der Waals surface area contributed by atoms with Gasteiger partial charge in [0.2, 0.25) is 5.91 Å². The van der Waals surface area contributed by atoms with Crippen LogP contribution in [0.25, 0.3) is 10.8 Å². The van der Waals surface area contributed by atoms with Crippen LogP contribution in [0.2, 0.25) is 0 Å². The Hall–Kier alpha value is -4.35. The zero-order chi connectivity index (χ0) is 31.7. The fourth-order valence-corrected chi connectivity index (χ4v) is 4.89. The van der Waals surface area contributed by atoms with Crippen LogP contribution in [0, 0.1) is 18.3 Å². The Morgan fingerprint density at radius 1 is 0.953 bits per heavy atom. The monoisotopic (exact) mass is 585 g/mol. The van der Waals surface area contributed by atoms with E-state index in [2.05, 4.69) is 30.4 Å². The number of aliphatic hydroxyl groups is 1. The first-order valence-corrected chi connectivity index (χ1v) is 14.6. The van der Waals surface area contributed by atoms with Crippen molar-refractivity contribution in [2.75, 3.05) is 11.9 Å². The first-order valence-electron chi connectivity index (χ1n) is 14.6. The predicted molar refractivity (Wildman–Crippen MR) is 170 cm³/mol. The average Bonchev–Trinajstić information content (AvgIpc) is 2.96. The van der Waals surface area contributed by atoms with Crippen LogP contribution < -0.4 is 10.6 Å². The lowest BCUT2D eigenvalue weighted by Gasteiger charge is -2.38.